The molecular weight excluding hydrogens is 316 g/mol. The van der Waals surface area contributed by atoms with Crippen molar-refractivity contribution >= 4 is 17.2 Å². The Kier molecular flexibility index (Phi) is 3.88. The molecule has 0 unspecified atom stereocenters. The number of rotatable bonds is 3. The van der Waals surface area contributed by atoms with Gasteiger partial charge in [0.25, 0.3) is 0 Å². The van der Waals surface area contributed by atoms with Gasteiger partial charge in [-0.25, -0.2) is 4.52 Å². The summed E-state index contributed by atoms with van der Waals surface area (Å²) in [4.78, 5) is 10.9. The fourth-order valence-electron chi connectivity index (χ4n) is 2.83. The van der Waals surface area contributed by atoms with Crippen LogP contribution in [0.4, 0.5) is 5.69 Å². The van der Waals surface area contributed by atoms with Crippen LogP contribution in [0.5, 0.6) is 0 Å². The van der Waals surface area contributed by atoms with Crippen LogP contribution in [0.1, 0.15) is 12.6 Å². The highest BCUT2D eigenvalue weighted by Crippen LogP contribution is 2.40. The van der Waals surface area contributed by atoms with E-state index in [2.05, 4.69) is 5.10 Å². The number of carbonyl (C=O) groups is 1. The maximum Gasteiger partial charge on any atom is 0.302 e. The van der Waals surface area contributed by atoms with Crippen molar-refractivity contribution in [1.29, 1.82) is 5.26 Å². The molecule has 4 N–H and O–H groups in total. The first-order chi connectivity index (χ1) is 11.4. The number of hydrogen-bond acceptors (Lipinski definition) is 8. The van der Waals surface area contributed by atoms with Crippen LogP contribution in [0.3, 0.4) is 0 Å². The molecule has 9 heteroatoms. The van der Waals surface area contributed by atoms with Crippen LogP contribution in [0, 0.1) is 11.3 Å². The second kappa shape index (κ2) is 5.76. The van der Waals surface area contributed by atoms with Crippen molar-refractivity contribution in [3.63, 3.8) is 0 Å². The third-order valence-electron chi connectivity index (χ3n) is 4.04. The van der Waals surface area contributed by atoms with Gasteiger partial charge in [-0.05, 0) is 18.2 Å². The van der Waals surface area contributed by atoms with Crippen LogP contribution >= 0.6 is 0 Å². The largest absolute Gasteiger partial charge is 0.463 e. The summed E-state index contributed by atoms with van der Waals surface area (Å²) in [6.07, 6.45) is -2.56. The minimum atomic E-state index is -1.86. The first-order valence-electron chi connectivity index (χ1n) is 7.22. The highest BCUT2D eigenvalue weighted by atomic mass is 16.6. The third-order valence-corrected chi connectivity index (χ3v) is 4.04. The first kappa shape index (κ1) is 16.2. The number of anilines is 1. The van der Waals surface area contributed by atoms with E-state index in [1.165, 1.54) is 17.6 Å². The number of hydrogen-bond donors (Lipinski definition) is 3. The predicted octanol–water partition coefficient (Wildman–Crippen LogP) is -0.681. The molecule has 0 saturated carbocycles. The van der Waals surface area contributed by atoms with Crippen molar-refractivity contribution in [2.24, 2.45) is 0 Å². The van der Waals surface area contributed by atoms with Crippen molar-refractivity contribution in [2.75, 3.05) is 12.3 Å². The molecule has 0 amide bonds. The number of nitriles is 1. The van der Waals surface area contributed by atoms with Gasteiger partial charge in [-0.3, -0.25) is 4.79 Å². The van der Waals surface area contributed by atoms with Gasteiger partial charge in [0, 0.05) is 13.1 Å². The zero-order valence-corrected chi connectivity index (χ0v) is 12.8. The summed E-state index contributed by atoms with van der Waals surface area (Å²) in [7, 11) is 0. The number of carbonyl (C=O) groups excluding carboxylic acids is 1. The summed E-state index contributed by atoms with van der Waals surface area (Å²) in [6.45, 7) is 0.929. The standard InChI is InChI=1S/C15H16N4O5/c1-8(20)23-6-11-13(21)14(22)15(7-16,24-11)12-3-2-10-9(17)4-5-18-19(10)12/h2-5,11,13-14,21-22H,6,17H2,1H3/t11-,13-,14-,15+/m1/s1. The van der Waals surface area contributed by atoms with Crippen LogP contribution in [0.25, 0.3) is 5.52 Å². The Bertz CT molecular complexity index is 829. The summed E-state index contributed by atoms with van der Waals surface area (Å²) in [5, 5.41) is 34.4. The van der Waals surface area contributed by atoms with E-state index in [0.717, 1.165) is 0 Å². The highest BCUT2D eigenvalue weighted by molar-refractivity contribution is 5.69. The second-order valence-corrected chi connectivity index (χ2v) is 5.54. The summed E-state index contributed by atoms with van der Waals surface area (Å²) in [6, 6.07) is 6.70. The minimum absolute atomic E-state index is 0.226. The monoisotopic (exact) mass is 332 g/mol. The average molecular weight is 332 g/mol. The number of nitrogen functional groups attached to an aromatic ring is 1. The van der Waals surface area contributed by atoms with E-state index < -0.39 is 29.9 Å². The predicted molar refractivity (Wildman–Crippen MR) is 80.4 cm³/mol. The lowest BCUT2D eigenvalue weighted by molar-refractivity contribution is -0.148. The molecule has 4 atom stereocenters. The van der Waals surface area contributed by atoms with Crippen LogP contribution in [-0.2, 0) is 19.9 Å². The molecule has 1 aliphatic heterocycles. The van der Waals surface area contributed by atoms with E-state index in [-0.39, 0.29) is 12.3 Å². The average Bonchev–Trinajstić information content (AvgIpc) is 3.09. The molecule has 1 aliphatic rings. The lowest BCUT2D eigenvalue weighted by Gasteiger charge is -2.24. The molecule has 9 nitrogen and oxygen atoms in total. The summed E-state index contributed by atoms with van der Waals surface area (Å²) >= 11 is 0. The normalized spacial score (nSPS) is 29.5. The van der Waals surface area contributed by atoms with Crippen molar-refractivity contribution in [1.82, 2.24) is 9.61 Å². The Balaban J connectivity index is 2.04. The van der Waals surface area contributed by atoms with Crippen molar-refractivity contribution in [2.45, 2.75) is 30.8 Å². The van der Waals surface area contributed by atoms with Crippen molar-refractivity contribution in [3.8, 4) is 6.07 Å². The van der Waals surface area contributed by atoms with E-state index in [4.69, 9.17) is 15.2 Å². The number of nitrogens with two attached hydrogens (primary N) is 1. The van der Waals surface area contributed by atoms with Crippen molar-refractivity contribution < 1.29 is 24.5 Å². The Labute approximate surface area is 136 Å². The molecule has 0 radical (unpaired) electrons. The molecule has 0 aliphatic carbocycles. The fourth-order valence-corrected chi connectivity index (χ4v) is 2.83. The molecule has 0 bridgehead atoms. The Morgan fingerprint density at radius 3 is 2.96 bits per heavy atom. The molecule has 3 rings (SSSR count). The van der Waals surface area contributed by atoms with Crippen molar-refractivity contribution in [3.05, 3.63) is 30.1 Å². The Morgan fingerprint density at radius 2 is 2.29 bits per heavy atom. The molecular formula is C15H16N4O5. The fraction of sp³-hybridized carbons (Fsp3) is 0.400. The first-order valence-corrected chi connectivity index (χ1v) is 7.22. The maximum absolute atomic E-state index is 10.9. The van der Waals surface area contributed by atoms with Gasteiger partial charge in [0.2, 0.25) is 5.60 Å². The number of aliphatic hydroxyl groups excluding tert-OH is 2. The van der Waals surface area contributed by atoms with Gasteiger partial charge < -0.3 is 25.4 Å². The van der Waals surface area contributed by atoms with Gasteiger partial charge in [0.15, 0.2) is 0 Å². The lowest BCUT2D eigenvalue weighted by atomic mass is 9.92. The van der Waals surface area contributed by atoms with Crippen LogP contribution < -0.4 is 5.73 Å². The van der Waals surface area contributed by atoms with Gasteiger partial charge in [-0.2, -0.15) is 10.4 Å². The Hall–Kier alpha value is -2.67. The third kappa shape index (κ3) is 2.28. The van der Waals surface area contributed by atoms with Crippen LogP contribution in [0.15, 0.2) is 24.4 Å². The zero-order valence-electron chi connectivity index (χ0n) is 12.8. The number of aromatic nitrogens is 2. The lowest BCUT2D eigenvalue weighted by Crippen LogP contribution is -2.41. The number of fused-ring (bicyclic) bond motifs is 1. The number of aliphatic hydroxyl groups is 2. The molecule has 2 aromatic heterocycles. The Morgan fingerprint density at radius 1 is 1.54 bits per heavy atom. The van der Waals surface area contributed by atoms with E-state index in [9.17, 15) is 20.3 Å². The maximum atomic E-state index is 10.9. The van der Waals surface area contributed by atoms with Gasteiger partial charge in [-0.1, -0.05) is 0 Å². The number of nitrogens with zero attached hydrogens (tertiary/aromatic N) is 3. The quantitative estimate of drug-likeness (QED) is 0.627. The second-order valence-electron chi connectivity index (χ2n) is 5.54. The van der Waals surface area contributed by atoms with Gasteiger partial charge in [0.1, 0.15) is 31.0 Å². The number of esters is 1. The topological polar surface area (TPSA) is 143 Å². The molecule has 1 saturated heterocycles. The highest BCUT2D eigenvalue weighted by Gasteiger charge is 2.57. The summed E-state index contributed by atoms with van der Waals surface area (Å²) in [5.74, 6) is -0.558. The summed E-state index contributed by atoms with van der Waals surface area (Å²) < 4.78 is 11.8. The van der Waals surface area contributed by atoms with E-state index in [1.54, 1.807) is 18.2 Å². The molecule has 24 heavy (non-hydrogen) atoms. The molecule has 126 valence electrons. The van der Waals surface area contributed by atoms with Gasteiger partial charge in [-0.15, -0.1) is 0 Å². The number of ether oxygens (including phenoxy) is 2. The van der Waals surface area contributed by atoms with E-state index in [0.29, 0.717) is 11.2 Å². The van der Waals surface area contributed by atoms with Gasteiger partial charge in [0.05, 0.1) is 16.9 Å². The zero-order chi connectivity index (χ0) is 17.5. The van der Waals surface area contributed by atoms with E-state index in [1.807, 2.05) is 6.07 Å². The minimum Gasteiger partial charge on any atom is -0.463 e. The smallest absolute Gasteiger partial charge is 0.302 e. The van der Waals surface area contributed by atoms with Crippen LogP contribution in [0.2, 0.25) is 0 Å². The molecule has 0 aromatic carbocycles. The molecule has 0 spiro atoms. The SMILES string of the molecule is CC(=O)OC[C@H]1O[C@@](C#N)(c2ccc3c(N)ccnn23)[C@H](O)[C@@H]1O. The van der Waals surface area contributed by atoms with Gasteiger partial charge >= 0.3 is 5.97 Å². The van der Waals surface area contributed by atoms with Crippen LogP contribution in [-0.4, -0.2) is 50.7 Å². The molecule has 2 aromatic rings. The van der Waals surface area contributed by atoms with E-state index >= 15 is 0 Å². The molecule has 3 heterocycles. The summed E-state index contributed by atoms with van der Waals surface area (Å²) in [5.41, 5.74) is 5.21. The molecule has 1 fully saturated rings.